The normalized spacial score (nSPS) is 12.7. The van der Waals surface area contributed by atoms with E-state index in [1.54, 1.807) is 12.7 Å². The molecule has 0 aliphatic carbocycles. The van der Waals surface area contributed by atoms with Crippen LogP contribution in [0, 0.1) is 5.41 Å². The van der Waals surface area contributed by atoms with Crippen molar-refractivity contribution in [2.75, 3.05) is 0 Å². The average Bonchev–Trinajstić information content (AvgIpc) is 2.83. The van der Waals surface area contributed by atoms with E-state index in [-0.39, 0.29) is 5.41 Å². The van der Waals surface area contributed by atoms with E-state index in [1.807, 2.05) is 28.8 Å². The van der Waals surface area contributed by atoms with Crippen molar-refractivity contribution in [3.8, 4) is 0 Å². The molecule has 0 unspecified atom stereocenters. The van der Waals surface area contributed by atoms with E-state index in [4.69, 9.17) is 11.6 Å². The Morgan fingerprint density at radius 3 is 2.26 bits per heavy atom. The van der Waals surface area contributed by atoms with Crippen LogP contribution < -0.4 is 0 Å². The predicted molar refractivity (Wildman–Crippen MR) is 79.7 cm³/mol. The van der Waals surface area contributed by atoms with Gasteiger partial charge >= 0.3 is 0 Å². The lowest BCUT2D eigenvalue weighted by Crippen LogP contribution is -2.08. The number of aromatic nitrogens is 3. The maximum absolute atomic E-state index is 5.91. The van der Waals surface area contributed by atoms with E-state index in [1.165, 1.54) is 5.70 Å². The molecule has 100 valence electrons. The van der Waals surface area contributed by atoms with Gasteiger partial charge in [0.15, 0.2) is 0 Å². The highest BCUT2D eigenvalue weighted by atomic mass is 35.5. The first-order valence-electron chi connectivity index (χ1n) is 6.25. The fraction of sp³-hybridized carbons (Fsp3) is 0.333. The Morgan fingerprint density at radius 2 is 1.74 bits per heavy atom. The second-order valence-corrected chi connectivity index (χ2v) is 6.23. The summed E-state index contributed by atoms with van der Waals surface area (Å²) < 4.78 is 1.96. The Labute approximate surface area is 118 Å². The van der Waals surface area contributed by atoms with Gasteiger partial charge in [-0.1, -0.05) is 44.5 Å². The summed E-state index contributed by atoms with van der Waals surface area (Å²) >= 11 is 5.91. The first-order chi connectivity index (χ1) is 8.94. The van der Waals surface area contributed by atoms with Crippen molar-refractivity contribution in [2.24, 2.45) is 5.41 Å². The summed E-state index contributed by atoms with van der Waals surface area (Å²) in [6, 6.07) is 7.81. The lowest BCUT2D eigenvalue weighted by molar-refractivity contribution is 0.421. The van der Waals surface area contributed by atoms with Crippen molar-refractivity contribution >= 4 is 23.4 Å². The van der Waals surface area contributed by atoms with E-state index in [0.717, 1.165) is 17.0 Å². The van der Waals surface area contributed by atoms with Gasteiger partial charge in [-0.05, 0) is 35.6 Å². The summed E-state index contributed by atoms with van der Waals surface area (Å²) in [6.07, 6.45) is 6.54. The van der Waals surface area contributed by atoms with Gasteiger partial charge in [0, 0.05) is 10.7 Å². The summed E-state index contributed by atoms with van der Waals surface area (Å²) in [4.78, 5) is 0. The van der Waals surface area contributed by atoms with Crippen LogP contribution in [0.1, 0.15) is 32.8 Å². The van der Waals surface area contributed by atoms with Gasteiger partial charge in [0.1, 0.15) is 12.7 Å². The Bertz CT molecular complexity index is 548. The zero-order valence-electron chi connectivity index (χ0n) is 11.5. The van der Waals surface area contributed by atoms with Crippen molar-refractivity contribution < 1.29 is 0 Å². The van der Waals surface area contributed by atoms with Crippen LogP contribution in [0.25, 0.3) is 11.8 Å². The summed E-state index contributed by atoms with van der Waals surface area (Å²) in [6.45, 7) is 6.65. The molecule has 2 aromatic rings. The first kappa shape index (κ1) is 13.8. The molecule has 0 radical (unpaired) electrons. The third-order valence-corrected chi connectivity index (χ3v) is 2.92. The molecule has 0 atom stereocenters. The maximum atomic E-state index is 5.91. The average molecular weight is 276 g/mol. The van der Waals surface area contributed by atoms with Gasteiger partial charge in [-0.3, -0.25) is 4.57 Å². The summed E-state index contributed by atoms with van der Waals surface area (Å²) in [5.41, 5.74) is 2.49. The highest BCUT2D eigenvalue weighted by Crippen LogP contribution is 2.28. The first-order valence-corrected chi connectivity index (χ1v) is 6.63. The van der Waals surface area contributed by atoms with Crippen molar-refractivity contribution in [3.05, 3.63) is 47.5 Å². The lowest BCUT2D eigenvalue weighted by atomic mass is 9.90. The highest BCUT2D eigenvalue weighted by Gasteiger charge is 2.14. The summed E-state index contributed by atoms with van der Waals surface area (Å²) in [5, 5.41) is 8.51. The highest BCUT2D eigenvalue weighted by molar-refractivity contribution is 6.30. The Morgan fingerprint density at radius 1 is 1.16 bits per heavy atom. The number of nitrogens with zero attached hydrogens (tertiary/aromatic N) is 3. The Kier molecular flexibility index (Phi) is 4.05. The second-order valence-electron chi connectivity index (χ2n) is 5.79. The molecule has 0 saturated heterocycles. The minimum atomic E-state index is 0.197. The van der Waals surface area contributed by atoms with Gasteiger partial charge in [0.25, 0.3) is 0 Å². The zero-order valence-corrected chi connectivity index (χ0v) is 12.2. The largest absolute Gasteiger partial charge is 0.292 e. The van der Waals surface area contributed by atoms with Gasteiger partial charge < -0.3 is 0 Å². The van der Waals surface area contributed by atoms with Gasteiger partial charge in [-0.15, -0.1) is 10.2 Å². The molecule has 0 spiro atoms. The van der Waals surface area contributed by atoms with Crippen LogP contribution in [0.5, 0.6) is 0 Å². The summed E-state index contributed by atoms with van der Waals surface area (Å²) in [7, 11) is 0. The molecule has 2 rings (SSSR count). The molecule has 19 heavy (non-hydrogen) atoms. The molecule has 0 saturated carbocycles. The maximum Gasteiger partial charge on any atom is 0.123 e. The quantitative estimate of drug-likeness (QED) is 0.833. The molecule has 3 nitrogen and oxygen atoms in total. The minimum Gasteiger partial charge on any atom is -0.292 e. The van der Waals surface area contributed by atoms with Crippen molar-refractivity contribution in [1.29, 1.82) is 0 Å². The van der Waals surface area contributed by atoms with E-state index in [2.05, 4.69) is 37.0 Å². The standard InChI is InChI=1S/C15H18ClN3/c1-15(2,3)9-14(19-10-17-18-11-19)8-12-4-6-13(16)7-5-12/h4-8,10-11H,9H2,1-3H3/b14-8+. The predicted octanol–water partition coefficient (Wildman–Crippen LogP) is 4.37. The molecule has 0 bridgehead atoms. The fourth-order valence-electron chi connectivity index (χ4n) is 1.86. The molecule has 0 aliphatic rings. The number of benzene rings is 1. The lowest BCUT2D eigenvalue weighted by Gasteiger charge is -2.20. The topological polar surface area (TPSA) is 30.7 Å². The van der Waals surface area contributed by atoms with Crippen LogP contribution in [-0.2, 0) is 0 Å². The van der Waals surface area contributed by atoms with Crippen LogP contribution in [0.2, 0.25) is 5.02 Å². The van der Waals surface area contributed by atoms with Crippen LogP contribution in [0.15, 0.2) is 36.9 Å². The number of hydrogen-bond donors (Lipinski definition) is 0. The Balaban J connectivity index is 2.34. The fourth-order valence-corrected chi connectivity index (χ4v) is 1.99. The van der Waals surface area contributed by atoms with Gasteiger partial charge in [-0.25, -0.2) is 0 Å². The smallest absolute Gasteiger partial charge is 0.123 e. The molecule has 4 heteroatoms. The molecule has 1 aromatic heterocycles. The van der Waals surface area contributed by atoms with E-state index in [9.17, 15) is 0 Å². The number of rotatable bonds is 3. The third-order valence-electron chi connectivity index (χ3n) is 2.67. The molecule has 0 amide bonds. The minimum absolute atomic E-state index is 0.197. The molecule has 1 heterocycles. The van der Waals surface area contributed by atoms with Crippen LogP contribution >= 0.6 is 11.6 Å². The number of halogens is 1. The van der Waals surface area contributed by atoms with Crippen molar-refractivity contribution in [1.82, 2.24) is 14.8 Å². The molecule has 0 N–H and O–H groups in total. The molecule has 0 fully saturated rings. The number of allylic oxidation sites excluding steroid dienone is 1. The second kappa shape index (κ2) is 5.57. The van der Waals surface area contributed by atoms with Crippen LogP contribution in [-0.4, -0.2) is 14.8 Å². The molecular weight excluding hydrogens is 258 g/mol. The van der Waals surface area contributed by atoms with Crippen LogP contribution in [0.4, 0.5) is 0 Å². The zero-order chi connectivity index (χ0) is 13.9. The third kappa shape index (κ3) is 4.21. The SMILES string of the molecule is CC(C)(C)C/C(=C\c1ccc(Cl)cc1)n1cnnc1. The van der Waals surface area contributed by atoms with Crippen LogP contribution in [0.3, 0.4) is 0 Å². The van der Waals surface area contributed by atoms with Gasteiger partial charge in [0.2, 0.25) is 0 Å². The molecule has 1 aromatic carbocycles. The summed E-state index contributed by atoms with van der Waals surface area (Å²) in [5.74, 6) is 0. The van der Waals surface area contributed by atoms with Gasteiger partial charge in [-0.2, -0.15) is 0 Å². The molecule has 0 aliphatic heterocycles. The molecular formula is C15H18ClN3. The van der Waals surface area contributed by atoms with E-state index < -0.39 is 0 Å². The van der Waals surface area contributed by atoms with E-state index >= 15 is 0 Å². The van der Waals surface area contributed by atoms with Crippen molar-refractivity contribution in [3.63, 3.8) is 0 Å². The number of hydrogen-bond acceptors (Lipinski definition) is 2. The van der Waals surface area contributed by atoms with Gasteiger partial charge in [0.05, 0.1) is 0 Å². The monoisotopic (exact) mass is 275 g/mol. The Hall–Kier alpha value is -1.61. The van der Waals surface area contributed by atoms with Crippen molar-refractivity contribution in [2.45, 2.75) is 27.2 Å². The van der Waals surface area contributed by atoms with E-state index in [0.29, 0.717) is 0 Å².